The lowest BCUT2D eigenvalue weighted by molar-refractivity contribution is 0.0997. The second-order valence-electron chi connectivity index (χ2n) is 6.69. The smallest absolute Gasteiger partial charge is 0.252 e. The summed E-state index contributed by atoms with van der Waals surface area (Å²) in [7, 11) is 0. The molecule has 0 bridgehead atoms. The summed E-state index contributed by atoms with van der Waals surface area (Å²) in [6, 6.07) is 10.5. The number of nitrogens with two attached hydrogens (primary N) is 1. The molecule has 1 aliphatic rings. The third-order valence-electron chi connectivity index (χ3n) is 4.63. The van der Waals surface area contributed by atoms with Crippen LogP contribution in [0.2, 0.25) is 0 Å². The number of aliphatic hydroxyl groups excluding tert-OH is 1. The Labute approximate surface area is 169 Å². The first-order chi connectivity index (χ1) is 12.9. The molecule has 0 fully saturated rings. The Morgan fingerprint density at radius 2 is 1.96 bits per heavy atom. The molecule has 5 N–H and O–H groups in total. The van der Waals surface area contributed by atoms with Gasteiger partial charge in [0.05, 0.1) is 11.7 Å². The van der Waals surface area contributed by atoms with Gasteiger partial charge in [0.1, 0.15) is 5.75 Å². The van der Waals surface area contributed by atoms with Crippen molar-refractivity contribution >= 4 is 18.3 Å². The van der Waals surface area contributed by atoms with E-state index >= 15 is 0 Å². The summed E-state index contributed by atoms with van der Waals surface area (Å²) in [6.45, 7) is 2.64. The molecule has 0 radical (unpaired) electrons. The lowest BCUT2D eigenvalue weighted by atomic mass is 10.0. The Bertz CT molecular complexity index is 830. The number of hydrogen-bond donors (Lipinski definition) is 4. The number of ether oxygens (including phenoxy) is 2. The Morgan fingerprint density at radius 3 is 2.71 bits per heavy atom. The molecular formula is C20H25ClN2O5. The number of phenols is 1. The van der Waals surface area contributed by atoms with Gasteiger partial charge in [-0.3, -0.25) is 4.79 Å². The van der Waals surface area contributed by atoms with Crippen LogP contribution in [0.1, 0.15) is 40.9 Å². The number of aromatic hydroxyl groups is 1. The zero-order chi connectivity index (χ0) is 19.4. The van der Waals surface area contributed by atoms with Crippen LogP contribution in [0.5, 0.6) is 17.2 Å². The Hall–Kier alpha value is -2.48. The quantitative estimate of drug-likeness (QED) is 0.533. The molecule has 1 aliphatic heterocycles. The molecule has 1 heterocycles. The van der Waals surface area contributed by atoms with E-state index in [1.54, 1.807) is 6.07 Å². The molecule has 0 spiro atoms. The van der Waals surface area contributed by atoms with Gasteiger partial charge < -0.3 is 30.7 Å². The summed E-state index contributed by atoms with van der Waals surface area (Å²) >= 11 is 0. The van der Waals surface area contributed by atoms with Crippen LogP contribution in [0.25, 0.3) is 0 Å². The molecule has 8 heteroatoms. The lowest BCUT2D eigenvalue weighted by Crippen LogP contribution is -2.31. The predicted molar refractivity (Wildman–Crippen MR) is 107 cm³/mol. The molecule has 28 heavy (non-hydrogen) atoms. The molecule has 2 atom stereocenters. The largest absolute Gasteiger partial charge is 0.507 e. The van der Waals surface area contributed by atoms with Gasteiger partial charge in [0.2, 0.25) is 6.79 Å². The average molecular weight is 409 g/mol. The van der Waals surface area contributed by atoms with Gasteiger partial charge in [-0.2, -0.15) is 0 Å². The van der Waals surface area contributed by atoms with E-state index in [0.29, 0.717) is 12.1 Å². The van der Waals surface area contributed by atoms with Gasteiger partial charge in [-0.1, -0.05) is 12.1 Å². The average Bonchev–Trinajstić information content (AvgIpc) is 3.12. The first-order valence-corrected chi connectivity index (χ1v) is 8.86. The number of fused-ring (bicyclic) bond motifs is 1. The van der Waals surface area contributed by atoms with E-state index in [0.717, 1.165) is 29.9 Å². The van der Waals surface area contributed by atoms with Crippen LogP contribution < -0.4 is 20.5 Å². The number of nitrogens with one attached hydrogen (secondary N) is 1. The van der Waals surface area contributed by atoms with Gasteiger partial charge in [0, 0.05) is 12.6 Å². The van der Waals surface area contributed by atoms with Gasteiger partial charge in [0.15, 0.2) is 11.5 Å². The van der Waals surface area contributed by atoms with E-state index < -0.39 is 12.0 Å². The first-order valence-electron chi connectivity index (χ1n) is 8.86. The zero-order valence-corrected chi connectivity index (χ0v) is 16.4. The van der Waals surface area contributed by atoms with Crippen LogP contribution >= 0.6 is 12.4 Å². The van der Waals surface area contributed by atoms with Crippen molar-refractivity contribution in [2.75, 3.05) is 13.3 Å². The molecule has 3 rings (SSSR count). The molecule has 152 valence electrons. The van der Waals surface area contributed by atoms with Crippen LogP contribution in [0, 0.1) is 0 Å². The fourth-order valence-corrected chi connectivity index (χ4v) is 2.97. The van der Waals surface area contributed by atoms with Crippen LogP contribution in [0.3, 0.4) is 0 Å². The van der Waals surface area contributed by atoms with Crippen molar-refractivity contribution in [1.29, 1.82) is 0 Å². The first kappa shape index (κ1) is 21.8. The maximum atomic E-state index is 11.3. The maximum absolute atomic E-state index is 11.3. The number of benzene rings is 2. The molecule has 0 aliphatic carbocycles. The minimum atomic E-state index is -0.809. The molecule has 0 saturated heterocycles. The summed E-state index contributed by atoms with van der Waals surface area (Å²) in [4.78, 5) is 11.3. The van der Waals surface area contributed by atoms with Gasteiger partial charge >= 0.3 is 0 Å². The number of halogens is 1. The summed E-state index contributed by atoms with van der Waals surface area (Å²) in [5, 5.41) is 23.2. The normalized spacial score (nSPS) is 14.2. The van der Waals surface area contributed by atoms with E-state index in [1.807, 2.05) is 25.1 Å². The third-order valence-corrected chi connectivity index (χ3v) is 4.63. The highest BCUT2D eigenvalue weighted by atomic mass is 35.5. The van der Waals surface area contributed by atoms with Crippen LogP contribution in [0.4, 0.5) is 0 Å². The molecule has 7 nitrogen and oxygen atoms in total. The maximum Gasteiger partial charge on any atom is 0.252 e. The van der Waals surface area contributed by atoms with Gasteiger partial charge in [-0.05, 0) is 55.2 Å². The Kier molecular flexibility index (Phi) is 7.51. The van der Waals surface area contributed by atoms with Crippen LogP contribution in [-0.2, 0) is 6.42 Å². The number of aliphatic hydroxyl groups is 1. The van der Waals surface area contributed by atoms with Crippen molar-refractivity contribution in [3.05, 3.63) is 53.1 Å². The fraction of sp³-hybridized carbons (Fsp3) is 0.350. The van der Waals surface area contributed by atoms with E-state index in [1.165, 1.54) is 12.1 Å². The molecule has 2 aromatic carbocycles. The van der Waals surface area contributed by atoms with Crippen molar-refractivity contribution in [3.63, 3.8) is 0 Å². The van der Waals surface area contributed by atoms with E-state index in [9.17, 15) is 15.0 Å². The van der Waals surface area contributed by atoms with Gasteiger partial charge in [-0.25, -0.2) is 0 Å². The molecule has 0 aromatic heterocycles. The van der Waals surface area contributed by atoms with Crippen LogP contribution in [0.15, 0.2) is 36.4 Å². The van der Waals surface area contributed by atoms with E-state index in [4.69, 9.17) is 15.2 Å². The number of hydrogen-bond acceptors (Lipinski definition) is 6. The Morgan fingerprint density at radius 1 is 1.21 bits per heavy atom. The van der Waals surface area contributed by atoms with Crippen LogP contribution in [-0.4, -0.2) is 35.5 Å². The van der Waals surface area contributed by atoms with Crippen molar-refractivity contribution < 1.29 is 24.5 Å². The molecular weight excluding hydrogens is 384 g/mol. The van der Waals surface area contributed by atoms with E-state index in [-0.39, 0.29) is 36.6 Å². The Balaban J connectivity index is 0.00000280. The third kappa shape index (κ3) is 5.28. The topological polar surface area (TPSA) is 114 Å². The SMILES string of the molecule is CC(CCc1ccc2c(c1)OCO2)NCC(O)c1ccc(O)c(C(N)=O)c1.Cl. The summed E-state index contributed by atoms with van der Waals surface area (Å²) < 4.78 is 10.7. The highest BCUT2D eigenvalue weighted by Crippen LogP contribution is 2.32. The minimum Gasteiger partial charge on any atom is -0.507 e. The number of aryl methyl sites for hydroxylation is 1. The van der Waals surface area contributed by atoms with Crippen molar-refractivity contribution in [1.82, 2.24) is 5.32 Å². The number of amides is 1. The predicted octanol–water partition coefficient (Wildman–Crippen LogP) is 2.29. The highest BCUT2D eigenvalue weighted by molar-refractivity contribution is 5.95. The van der Waals surface area contributed by atoms with Gasteiger partial charge in [-0.15, -0.1) is 12.4 Å². The molecule has 2 unspecified atom stereocenters. The molecule has 2 aromatic rings. The summed E-state index contributed by atoms with van der Waals surface area (Å²) in [6.07, 6.45) is 0.942. The molecule has 0 saturated carbocycles. The second-order valence-corrected chi connectivity index (χ2v) is 6.69. The second kappa shape index (κ2) is 9.64. The number of rotatable bonds is 8. The van der Waals surface area contributed by atoms with Crippen molar-refractivity contribution in [2.45, 2.75) is 31.9 Å². The monoisotopic (exact) mass is 408 g/mol. The molecule has 1 amide bonds. The lowest BCUT2D eigenvalue weighted by Gasteiger charge is -2.18. The zero-order valence-electron chi connectivity index (χ0n) is 15.6. The highest BCUT2D eigenvalue weighted by Gasteiger charge is 2.16. The minimum absolute atomic E-state index is 0. The number of carbonyl (C=O) groups excluding carboxylic acids is 1. The number of carbonyl (C=O) groups is 1. The fourth-order valence-electron chi connectivity index (χ4n) is 2.97. The summed E-state index contributed by atoms with van der Waals surface area (Å²) in [5.74, 6) is 0.633. The van der Waals surface area contributed by atoms with Gasteiger partial charge in [0.25, 0.3) is 5.91 Å². The van der Waals surface area contributed by atoms with E-state index in [2.05, 4.69) is 5.32 Å². The van der Waals surface area contributed by atoms with Crippen molar-refractivity contribution in [3.8, 4) is 17.2 Å². The standard InChI is InChI=1S/C20H24N2O5.ClH/c1-12(2-3-13-4-7-18-19(8-13)27-11-26-18)22-10-17(24)14-5-6-16(23)15(9-14)20(21)25;/h4-9,12,17,22-24H,2-3,10-11H2,1H3,(H2,21,25);1H. The number of primary amides is 1. The summed E-state index contributed by atoms with van der Waals surface area (Å²) in [5.41, 5.74) is 6.91. The van der Waals surface area contributed by atoms with Crippen molar-refractivity contribution in [2.24, 2.45) is 5.73 Å².